The monoisotopic (exact) mass is 235 g/mol. The third-order valence-corrected chi connectivity index (χ3v) is 2.73. The van der Waals surface area contributed by atoms with Gasteiger partial charge in [-0.05, 0) is 38.4 Å². The van der Waals surface area contributed by atoms with Crippen LogP contribution in [-0.2, 0) is 0 Å². The molecule has 0 aliphatic rings. The van der Waals surface area contributed by atoms with Crippen LogP contribution in [0.25, 0.3) is 0 Å². The van der Waals surface area contributed by atoms with Gasteiger partial charge >= 0.3 is 0 Å². The SMILES string of the molecule is CCCNCC(CCC)Oc1ccc(C)cc1. The predicted octanol–water partition coefficient (Wildman–Crippen LogP) is 3.54. The summed E-state index contributed by atoms with van der Waals surface area (Å²) >= 11 is 0. The number of hydrogen-bond acceptors (Lipinski definition) is 2. The van der Waals surface area contributed by atoms with E-state index in [4.69, 9.17) is 4.74 Å². The number of nitrogens with one attached hydrogen (secondary N) is 1. The van der Waals surface area contributed by atoms with E-state index < -0.39 is 0 Å². The van der Waals surface area contributed by atoms with Crippen LogP contribution in [0, 0.1) is 6.92 Å². The summed E-state index contributed by atoms with van der Waals surface area (Å²) in [6, 6.07) is 8.30. The molecule has 0 spiro atoms. The van der Waals surface area contributed by atoms with E-state index in [-0.39, 0.29) is 6.10 Å². The zero-order chi connectivity index (χ0) is 12.5. The van der Waals surface area contributed by atoms with Gasteiger partial charge in [0, 0.05) is 6.54 Å². The Kier molecular flexibility index (Phi) is 6.71. The average Bonchev–Trinajstić information content (AvgIpc) is 2.32. The first-order valence-electron chi connectivity index (χ1n) is 6.70. The van der Waals surface area contributed by atoms with Gasteiger partial charge in [-0.25, -0.2) is 0 Å². The van der Waals surface area contributed by atoms with Crippen LogP contribution >= 0.6 is 0 Å². The maximum Gasteiger partial charge on any atom is 0.119 e. The van der Waals surface area contributed by atoms with Gasteiger partial charge in [-0.15, -0.1) is 0 Å². The van der Waals surface area contributed by atoms with Crippen LogP contribution in [0.1, 0.15) is 38.7 Å². The van der Waals surface area contributed by atoms with Crippen molar-refractivity contribution in [1.82, 2.24) is 5.32 Å². The third-order valence-electron chi connectivity index (χ3n) is 2.73. The smallest absolute Gasteiger partial charge is 0.119 e. The van der Waals surface area contributed by atoms with E-state index in [1.165, 1.54) is 12.0 Å². The molecule has 1 unspecified atom stereocenters. The molecule has 0 heterocycles. The van der Waals surface area contributed by atoms with E-state index in [0.717, 1.165) is 31.7 Å². The molecule has 0 aliphatic heterocycles. The van der Waals surface area contributed by atoms with Crippen molar-refractivity contribution in [2.24, 2.45) is 0 Å². The van der Waals surface area contributed by atoms with Crippen LogP contribution in [0.15, 0.2) is 24.3 Å². The van der Waals surface area contributed by atoms with Crippen LogP contribution in [0.3, 0.4) is 0 Å². The molecule has 0 saturated carbocycles. The summed E-state index contributed by atoms with van der Waals surface area (Å²) in [6.07, 6.45) is 3.72. The topological polar surface area (TPSA) is 21.3 Å². The molecule has 2 nitrogen and oxygen atoms in total. The van der Waals surface area contributed by atoms with E-state index in [9.17, 15) is 0 Å². The molecule has 0 amide bonds. The zero-order valence-electron chi connectivity index (χ0n) is 11.3. The molecule has 1 rings (SSSR count). The van der Waals surface area contributed by atoms with Crippen LogP contribution in [-0.4, -0.2) is 19.2 Å². The molecule has 17 heavy (non-hydrogen) atoms. The van der Waals surface area contributed by atoms with Gasteiger partial charge in [-0.2, -0.15) is 0 Å². The first kappa shape index (κ1) is 14.0. The molecule has 1 aromatic rings. The quantitative estimate of drug-likeness (QED) is 0.696. The van der Waals surface area contributed by atoms with Crippen LogP contribution in [0.2, 0.25) is 0 Å². The van der Waals surface area contributed by atoms with Crippen LogP contribution in [0.5, 0.6) is 5.75 Å². The highest BCUT2D eigenvalue weighted by Crippen LogP contribution is 2.15. The first-order chi connectivity index (χ1) is 8.26. The molecule has 0 aliphatic carbocycles. The van der Waals surface area contributed by atoms with E-state index >= 15 is 0 Å². The highest BCUT2D eigenvalue weighted by Gasteiger charge is 2.08. The lowest BCUT2D eigenvalue weighted by atomic mass is 10.2. The Morgan fingerprint density at radius 2 is 1.82 bits per heavy atom. The zero-order valence-corrected chi connectivity index (χ0v) is 11.3. The Bertz CT molecular complexity index is 294. The minimum Gasteiger partial charge on any atom is -0.489 e. The van der Waals surface area contributed by atoms with Gasteiger partial charge < -0.3 is 10.1 Å². The summed E-state index contributed by atoms with van der Waals surface area (Å²) in [5.41, 5.74) is 1.27. The lowest BCUT2D eigenvalue weighted by Gasteiger charge is -2.19. The van der Waals surface area contributed by atoms with Crippen molar-refractivity contribution in [3.05, 3.63) is 29.8 Å². The Morgan fingerprint density at radius 3 is 2.41 bits per heavy atom. The molecule has 0 aromatic heterocycles. The summed E-state index contributed by atoms with van der Waals surface area (Å²) in [7, 11) is 0. The van der Waals surface area contributed by atoms with Gasteiger partial charge in [0.1, 0.15) is 11.9 Å². The lowest BCUT2D eigenvalue weighted by Crippen LogP contribution is -2.31. The van der Waals surface area contributed by atoms with Crippen molar-refractivity contribution in [3.63, 3.8) is 0 Å². The fourth-order valence-corrected chi connectivity index (χ4v) is 1.77. The largest absolute Gasteiger partial charge is 0.489 e. The summed E-state index contributed by atoms with van der Waals surface area (Å²) in [6.45, 7) is 8.48. The van der Waals surface area contributed by atoms with Gasteiger partial charge in [0.2, 0.25) is 0 Å². The van der Waals surface area contributed by atoms with E-state index in [1.54, 1.807) is 0 Å². The highest BCUT2D eigenvalue weighted by molar-refractivity contribution is 5.26. The number of rotatable bonds is 8. The van der Waals surface area contributed by atoms with E-state index in [2.05, 4.69) is 50.4 Å². The van der Waals surface area contributed by atoms with Gasteiger partial charge in [-0.3, -0.25) is 0 Å². The molecule has 2 heteroatoms. The number of benzene rings is 1. The highest BCUT2D eigenvalue weighted by atomic mass is 16.5. The van der Waals surface area contributed by atoms with Crippen molar-refractivity contribution in [1.29, 1.82) is 0 Å². The Labute approximate surface area is 105 Å². The summed E-state index contributed by atoms with van der Waals surface area (Å²) in [4.78, 5) is 0. The molecule has 0 bridgehead atoms. The summed E-state index contributed by atoms with van der Waals surface area (Å²) in [5, 5.41) is 3.43. The molecule has 0 saturated heterocycles. The molecular formula is C15H25NO. The Hall–Kier alpha value is -1.02. The van der Waals surface area contributed by atoms with Gasteiger partial charge in [0.05, 0.1) is 0 Å². The second-order valence-corrected chi connectivity index (χ2v) is 4.55. The van der Waals surface area contributed by atoms with Gasteiger partial charge in [0.15, 0.2) is 0 Å². The third kappa shape index (κ3) is 5.73. The predicted molar refractivity (Wildman–Crippen MR) is 73.7 cm³/mol. The van der Waals surface area contributed by atoms with Crippen LogP contribution in [0.4, 0.5) is 0 Å². The van der Waals surface area contributed by atoms with E-state index in [1.807, 2.05) is 0 Å². The van der Waals surface area contributed by atoms with Crippen molar-refractivity contribution in [2.45, 2.75) is 46.1 Å². The molecular weight excluding hydrogens is 210 g/mol. The minimum atomic E-state index is 0.286. The fraction of sp³-hybridized carbons (Fsp3) is 0.600. The van der Waals surface area contributed by atoms with Gasteiger partial charge in [-0.1, -0.05) is 38.0 Å². The Morgan fingerprint density at radius 1 is 1.12 bits per heavy atom. The second-order valence-electron chi connectivity index (χ2n) is 4.55. The maximum absolute atomic E-state index is 5.99. The van der Waals surface area contributed by atoms with E-state index in [0.29, 0.717) is 0 Å². The minimum absolute atomic E-state index is 0.286. The maximum atomic E-state index is 5.99. The summed E-state index contributed by atoms with van der Waals surface area (Å²) in [5.74, 6) is 0.979. The molecule has 1 N–H and O–H groups in total. The molecule has 96 valence electrons. The second kappa shape index (κ2) is 8.13. The summed E-state index contributed by atoms with van der Waals surface area (Å²) < 4.78 is 5.99. The Balaban J connectivity index is 2.44. The number of aryl methyl sites for hydroxylation is 1. The number of ether oxygens (including phenoxy) is 1. The molecule has 1 atom stereocenters. The lowest BCUT2D eigenvalue weighted by molar-refractivity contribution is 0.186. The van der Waals surface area contributed by atoms with Crippen LogP contribution < -0.4 is 10.1 Å². The normalized spacial score (nSPS) is 12.4. The molecule has 1 aromatic carbocycles. The number of hydrogen-bond donors (Lipinski definition) is 1. The standard InChI is InChI=1S/C15H25NO/c1-4-6-15(12-16-11-5-2)17-14-9-7-13(3)8-10-14/h7-10,15-16H,4-6,11-12H2,1-3H3. The first-order valence-corrected chi connectivity index (χ1v) is 6.70. The van der Waals surface area contributed by atoms with Gasteiger partial charge in [0.25, 0.3) is 0 Å². The van der Waals surface area contributed by atoms with Crippen molar-refractivity contribution in [2.75, 3.05) is 13.1 Å². The molecule has 0 radical (unpaired) electrons. The van der Waals surface area contributed by atoms with Crippen molar-refractivity contribution in [3.8, 4) is 5.75 Å². The van der Waals surface area contributed by atoms with Crippen molar-refractivity contribution >= 4 is 0 Å². The molecule has 0 fully saturated rings. The van der Waals surface area contributed by atoms with Crippen molar-refractivity contribution < 1.29 is 4.74 Å². The fourth-order valence-electron chi connectivity index (χ4n) is 1.77. The average molecular weight is 235 g/mol.